The quantitative estimate of drug-likeness (QED) is 0.417. The van der Waals surface area contributed by atoms with Crippen molar-refractivity contribution < 1.29 is 9.53 Å². The monoisotopic (exact) mass is 158 g/mol. The molecule has 0 aliphatic carbocycles. The minimum absolute atomic E-state index is 0.00463. The Morgan fingerprint density at radius 3 is 2.36 bits per heavy atom. The lowest BCUT2D eigenvalue weighted by Crippen LogP contribution is -2.46. The minimum atomic E-state index is -0.426. The van der Waals surface area contributed by atoms with Crippen molar-refractivity contribution in [1.82, 2.24) is 5.01 Å². The van der Waals surface area contributed by atoms with E-state index in [1.54, 1.807) is 0 Å². The molecule has 0 radical (unpaired) electrons. The number of carbonyl (C=O) groups excluding carboxylic acids is 1. The van der Waals surface area contributed by atoms with Crippen LogP contribution in [0, 0.1) is 5.41 Å². The van der Waals surface area contributed by atoms with Gasteiger partial charge in [-0.1, -0.05) is 20.8 Å². The molecule has 2 N–H and O–H groups in total. The molecular formula is C7H14N2O2. The summed E-state index contributed by atoms with van der Waals surface area (Å²) < 4.78 is 4.77. The number of ether oxygens (including phenoxy) is 1. The van der Waals surface area contributed by atoms with Crippen LogP contribution in [-0.4, -0.2) is 23.8 Å². The van der Waals surface area contributed by atoms with Crippen molar-refractivity contribution in [2.75, 3.05) is 6.61 Å². The highest BCUT2D eigenvalue weighted by molar-refractivity contribution is 5.69. The van der Waals surface area contributed by atoms with E-state index in [0.717, 1.165) is 0 Å². The summed E-state index contributed by atoms with van der Waals surface area (Å²) in [6, 6.07) is -0.00463. The van der Waals surface area contributed by atoms with Crippen LogP contribution in [0.1, 0.15) is 20.8 Å². The molecule has 0 bridgehead atoms. The summed E-state index contributed by atoms with van der Waals surface area (Å²) >= 11 is 0. The number of nitrogens with two attached hydrogens (primary N) is 1. The number of carbonyl (C=O) groups is 1. The maximum Gasteiger partial charge on any atom is 0.424 e. The topological polar surface area (TPSA) is 55.6 Å². The van der Waals surface area contributed by atoms with E-state index in [-0.39, 0.29) is 11.5 Å². The SMILES string of the molecule is CC(C)(C)[C@H]1COC(=O)N1N. The van der Waals surface area contributed by atoms with Crippen LogP contribution < -0.4 is 5.84 Å². The summed E-state index contributed by atoms with van der Waals surface area (Å²) in [6.45, 7) is 6.48. The molecular weight excluding hydrogens is 144 g/mol. The summed E-state index contributed by atoms with van der Waals surface area (Å²) in [5, 5.41) is 1.17. The van der Waals surface area contributed by atoms with Crippen LogP contribution in [0.4, 0.5) is 4.79 Å². The van der Waals surface area contributed by atoms with Gasteiger partial charge in [0.15, 0.2) is 0 Å². The van der Waals surface area contributed by atoms with Crippen LogP contribution in [0.15, 0.2) is 0 Å². The van der Waals surface area contributed by atoms with Crippen molar-refractivity contribution in [3.63, 3.8) is 0 Å². The highest BCUT2D eigenvalue weighted by atomic mass is 16.6. The summed E-state index contributed by atoms with van der Waals surface area (Å²) in [5.74, 6) is 5.47. The third-order valence-corrected chi connectivity index (χ3v) is 1.91. The molecule has 11 heavy (non-hydrogen) atoms. The molecule has 0 saturated carbocycles. The summed E-state index contributed by atoms with van der Waals surface area (Å²) in [4.78, 5) is 10.8. The fourth-order valence-electron chi connectivity index (χ4n) is 1.10. The van der Waals surface area contributed by atoms with Gasteiger partial charge in [-0.2, -0.15) is 0 Å². The van der Waals surface area contributed by atoms with Gasteiger partial charge in [0.05, 0.1) is 6.04 Å². The number of nitrogens with zero attached hydrogens (tertiary/aromatic N) is 1. The lowest BCUT2D eigenvalue weighted by molar-refractivity contribution is 0.150. The van der Waals surface area contributed by atoms with Crippen LogP contribution in [0.5, 0.6) is 0 Å². The zero-order valence-electron chi connectivity index (χ0n) is 7.13. The number of amides is 1. The lowest BCUT2D eigenvalue weighted by atomic mass is 9.87. The Labute approximate surface area is 66.3 Å². The average Bonchev–Trinajstić information content (AvgIpc) is 2.11. The molecule has 1 rings (SSSR count). The second-order valence-electron chi connectivity index (χ2n) is 3.87. The predicted molar refractivity (Wildman–Crippen MR) is 40.6 cm³/mol. The van der Waals surface area contributed by atoms with Crippen LogP contribution >= 0.6 is 0 Å². The van der Waals surface area contributed by atoms with Crippen LogP contribution in [-0.2, 0) is 4.74 Å². The zero-order chi connectivity index (χ0) is 8.65. The third kappa shape index (κ3) is 1.45. The van der Waals surface area contributed by atoms with Crippen LogP contribution in [0.2, 0.25) is 0 Å². The Morgan fingerprint density at radius 2 is 2.18 bits per heavy atom. The van der Waals surface area contributed by atoms with Gasteiger partial charge in [0.2, 0.25) is 0 Å². The van der Waals surface area contributed by atoms with Gasteiger partial charge in [0.1, 0.15) is 6.61 Å². The normalized spacial score (nSPS) is 25.6. The van der Waals surface area contributed by atoms with Crippen molar-refractivity contribution in [1.29, 1.82) is 0 Å². The molecule has 1 saturated heterocycles. The van der Waals surface area contributed by atoms with Gasteiger partial charge < -0.3 is 4.74 Å². The summed E-state index contributed by atoms with van der Waals surface area (Å²) in [7, 11) is 0. The largest absolute Gasteiger partial charge is 0.446 e. The van der Waals surface area contributed by atoms with Gasteiger partial charge in [-0.15, -0.1) is 0 Å². The molecule has 0 spiro atoms. The van der Waals surface area contributed by atoms with E-state index in [1.807, 2.05) is 20.8 Å². The Balaban J connectivity index is 2.70. The third-order valence-electron chi connectivity index (χ3n) is 1.91. The first kappa shape index (κ1) is 8.33. The lowest BCUT2D eigenvalue weighted by Gasteiger charge is -2.28. The highest BCUT2D eigenvalue weighted by Gasteiger charge is 2.38. The van der Waals surface area contributed by atoms with Crippen molar-refractivity contribution >= 4 is 6.09 Å². The van der Waals surface area contributed by atoms with Crippen molar-refractivity contribution in [3.05, 3.63) is 0 Å². The van der Waals surface area contributed by atoms with Gasteiger partial charge in [0.25, 0.3) is 0 Å². The van der Waals surface area contributed by atoms with Crippen molar-refractivity contribution in [3.8, 4) is 0 Å². The van der Waals surface area contributed by atoms with E-state index in [2.05, 4.69) is 0 Å². The van der Waals surface area contributed by atoms with E-state index in [1.165, 1.54) is 5.01 Å². The van der Waals surface area contributed by atoms with E-state index in [4.69, 9.17) is 10.6 Å². The number of hydrogen-bond acceptors (Lipinski definition) is 3. The number of cyclic esters (lactones) is 1. The molecule has 0 unspecified atom stereocenters. The standard InChI is InChI=1S/C7H14N2O2/c1-7(2,3)5-4-11-6(10)9(5)8/h5H,4,8H2,1-3H3/t5-/m1/s1. The Kier molecular flexibility index (Phi) is 1.80. The molecule has 1 aliphatic rings. The van der Waals surface area contributed by atoms with E-state index < -0.39 is 6.09 Å². The molecule has 0 aromatic carbocycles. The molecule has 64 valence electrons. The van der Waals surface area contributed by atoms with Gasteiger partial charge in [-0.05, 0) is 5.41 Å². The fraction of sp³-hybridized carbons (Fsp3) is 0.857. The van der Waals surface area contributed by atoms with Gasteiger partial charge >= 0.3 is 6.09 Å². The molecule has 4 heteroatoms. The molecule has 0 aromatic heterocycles. The fourth-order valence-corrected chi connectivity index (χ4v) is 1.10. The zero-order valence-corrected chi connectivity index (χ0v) is 7.13. The molecule has 1 fully saturated rings. The molecule has 1 atom stereocenters. The van der Waals surface area contributed by atoms with Gasteiger partial charge in [-0.25, -0.2) is 15.6 Å². The molecule has 1 heterocycles. The van der Waals surface area contributed by atoms with E-state index in [0.29, 0.717) is 6.61 Å². The summed E-state index contributed by atoms with van der Waals surface area (Å²) in [5.41, 5.74) is -0.0130. The first-order valence-electron chi connectivity index (χ1n) is 3.63. The first-order chi connectivity index (χ1) is 4.93. The van der Waals surface area contributed by atoms with Gasteiger partial charge in [0, 0.05) is 0 Å². The first-order valence-corrected chi connectivity index (χ1v) is 3.63. The number of hydrazine groups is 1. The second-order valence-corrected chi connectivity index (χ2v) is 3.87. The Hall–Kier alpha value is -0.770. The summed E-state index contributed by atoms with van der Waals surface area (Å²) in [6.07, 6.45) is -0.426. The van der Waals surface area contributed by atoms with Crippen LogP contribution in [0.3, 0.4) is 0 Å². The second kappa shape index (κ2) is 2.37. The maximum atomic E-state index is 10.8. The Morgan fingerprint density at radius 1 is 1.64 bits per heavy atom. The van der Waals surface area contributed by atoms with E-state index in [9.17, 15) is 4.79 Å². The van der Waals surface area contributed by atoms with Gasteiger partial charge in [-0.3, -0.25) is 0 Å². The smallest absolute Gasteiger partial charge is 0.424 e. The maximum absolute atomic E-state index is 10.8. The van der Waals surface area contributed by atoms with E-state index >= 15 is 0 Å². The number of rotatable bonds is 0. The number of hydrogen-bond donors (Lipinski definition) is 1. The van der Waals surface area contributed by atoms with Crippen LogP contribution in [0.25, 0.3) is 0 Å². The molecule has 1 amide bonds. The predicted octanol–water partition coefficient (Wildman–Crippen LogP) is 0.727. The highest BCUT2D eigenvalue weighted by Crippen LogP contribution is 2.26. The average molecular weight is 158 g/mol. The van der Waals surface area contributed by atoms with Crippen molar-refractivity contribution in [2.45, 2.75) is 26.8 Å². The Bertz CT molecular complexity index is 174. The molecule has 4 nitrogen and oxygen atoms in total. The molecule has 0 aromatic rings. The van der Waals surface area contributed by atoms with Crippen molar-refractivity contribution in [2.24, 2.45) is 11.3 Å². The minimum Gasteiger partial charge on any atom is -0.446 e. The molecule has 1 aliphatic heterocycles.